The van der Waals surface area contributed by atoms with Crippen molar-refractivity contribution in [3.63, 3.8) is 0 Å². The molecular formula is C23H24N4O4S. The van der Waals surface area contributed by atoms with E-state index in [1.165, 1.54) is 24.3 Å². The number of carbonyl (C=O) groups is 2. The van der Waals surface area contributed by atoms with Gasteiger partial charge in [-0.1, -0.05) is 36.8 Å². The predicted octanol–water partition coefficient (Wildman–Crippen LogP) is 2.75. The number of hydrogen-bond donors (Lipinski definition) is 2. The van der Waals surface area contributed by atoms with E-state index in [0.717, 1.165) is 55.6 Å². The van der Waals surface area contributed by atoms with Crippen LogP contribution in [-0.4, -0.2) is 36.0 Å². The lowest BCUT2D eigenvalue weighted by atomic mass is 10.1. The molecule has 0 atom stereocenters. The van der Waals surface area contributed by atoms with Gasteiger partial charge in [-0.2, -0.15) is 0 Å². The molecule has 1 aromatic heterocycles. The lowest BCUT2D eigenvalue weighted by Gasteiger charge is -2.09. The number of rotatable bonds is 4. The second-order valence-electron chi connectivity index (χ2n) is 7.76. The minimum atomic E-state index is -3.35. The molecule has 8 nitrogen and oxygen atoms in total. The van der Waals surface area contributed by atoms with Crippen LogP contribution in [-0.2, 0) is 22.8 Å². The van der Waals surface area contributed by atoms with E-state index in [0.29, 0.717) is 5.69 Å². The van der Waals surface area contributed by atoms with Crippen LogP contribution in [0.2, 0.25) is 0 Å². The second-order valence-corrected chi connectivity index (χ2v) is 9.78. The minimum absolute atomic E-state index is 0.118. The first-order valence-corrected chi connectivity index (χ1v) is 12.3. The highest BCUT2D eigenvalue weighted by molar-refractivity contribution is 7.90. The molecule has 2 heterocycles. The number of carbonyl (C=O) groups excluding carboxylic acids is 2. The fourth-order valence-electron chi connectivity index (χ4n) is 3.81. The number of fused-ring (bicyclic) bond motifs is 1. The average Bonchev–Trinajstić information content (AvgIpc) is 2.98. The Labute approximate surface area is 186 Å². The van der Waals surface area contributed by atoms with Crippen molar-refractivity contribution in [3.05, 3.63) is 71.5 Å². The first-order valence-electron chi connectivity index (χ1n) is 10.4. The molecule has 9 heteroatoms. The van der Waals surface area contributed by atoms with Gasteiger partial charge in [0, 0.05) is 23.9 Å². The molecule has 0 saturated carbocycles. The standard InChI is InChI=1S/C23H24N4O4S/c1-32(30,31)18-13-11-17(12-14-18)22(28)25-26-23(29)20-19-10-6-3-7-15-27(19)21(24-20)16-8-4-2-5-9-16/h2,4-5,8-9,11-14H,3,6-7,10,15H2,1H3,(H,25,28)(H,26,29). The zero-order chi connectivity index (χ0) is 22.7. The molecule has 2 N–H and O–H groups in total. The van der Waals surface area contributed by atoms with E-state index in [9.17, 15) is 18.0 Å². The number of imidazole rings is 1. The summed E-state index contributed by atoms with van der Waals surface area (Å²) in [4.78, 5) is 30.1. The topological polar surface area (TPSA) is 110 Å². The number of hydrazine groups is 1. The van der Waals surface area contributed by atoms with Gasteiger partial charge in [0.2, 0.25) is 0 Å². The molecule has 1 aliphatic rings. The molecule has 1 aliphatic heterocycles. The number of nitrogens with zero attached hydrogens (tertiary/aromatic N) is 2. The van der Waals surface area contributed by atoms with Crippen molar-refractivity contribution in [1.82, 2.24) is 20.4 Å². The Morgan fingerprint density at radius 2 is 1.59 bits per heavy atom. The Balaban J connectivity index is 1.53. The van der Waals surface area contributed by atoms with Crippen LogP contribution in [0.1, 0.15) is 45.8 Å². The Morgan fingerprint density at radius 1 is 0.906 bits per heavy atom. The van der Waals surface area contributed by atoms with Crippen molar-refractivity contribution in [2.45, 2.75) is 37.1 Å². The Morgan fingerprint density at radius 3 is 2.28 bits per heavy atom. The number of sulfone groups is 1. The highest BCUT2D eigenvalue weighted by Crippen LogP contribution is 2.27. The van der Waals surface area contributed by atoms with Crippen LogP contribution in [0.3, 0.4) is 0 Å². The zero-order valence-corrected chi connectivity index (χ0v) is 18.5. The van der Waals surface area contributed by atoms with Gasteiger partial charge in [0.15, 0.2) is 15.5 Å². The molecule has 0 radical (unpaired) electrons. The van der Waals surface area contributed by atoms with E-state index in [1.54, 1.807) is 0 Å². The molecule has 0 aliphatic carbocycles. The van der Waals surface area contributed by atoms with Crippen LogP contribution in [0, 0.1) is 0 Å². The van der Waals surface area contributed by atoms with E-state index < -0.39 is 21.7 Å². The molecule has 32 heavy (non-hydrogen) atoms. The van der Waals surface area contributed by atoms with Crippen molar-refractivity contribution in [3.8, 4) is 11.4 Å². The summed E-state index contributed by atoms with van der Waals surface area (Å²) in [7, 11) is -3.35. The third-order valence-electron chi connectivity index (χ3n) is 5.45. The van der Waals surface area contributed by atoms with Gasteiger partial charge in [-0.3, -0.25) is 20.4 Å². The molecule has 0 saturated heterocycles. The van der Waals surface area contributed by atoms with Crippen LogP contribution in [0.15, 0.2) is 59.5 Å². The maximum Gasteiger partial charge on any atom is 0.290 e. The summed E-state index contributed by atoms with van der Waals surface area (Å²) >= 11 is 0. The number of amides is 2. The molecule has 2 aromatic carbocycles. The van der Waals surface area contributed by atoms with Crippen LogP contribution < -0.4 is 10.9 Å². The average molecular weight is 453 g/mol. The van der Waals surface area contributed by atoms with Crippen molar-refractivity contribution in [2.24, 2.45) is 0 Å². The molecule has 2 amide bonds. The van der Waals surface area contributed by atoms with Gasteiger partial charge in [0.05, 0.1) is 10.6 Å². The fourth-order valence-corrected chi connectivity index (χ4v) is 4.44. The fraction of sp³-hybridized carbons (Fsp3) is 0.261. The monoisotopic (exact) mass is 452 g/mol. The smallest absolute Gasteiger partial charge is 0.290 e. The molecule has 166 valence electrons. The molecular weight excluding hydrogens is 428 g/mol. The summed E-state index contributed by atoms with van der Waals surface area (Å²) in [6.45, 7) is 0.791. The molecule has 4 rings (SSSR count). The van der Waals surface area contributed by atoms with Crippen LogP contribution in [0.25, 0.3) is 11.4 Å². The SMILES string of the molecule is CS(=O)(=O)c1ccc(C(=O)NNC(=O)c2nc(-c3ccccc3)n3c2CCCCC3)cc1. The highest BCUT2D eigenvalue weighted by atomic mass is 32.2. The zero-order valence-electron chi connectivity index (χ0n) is 17.7. The number of nitrogens with one attached hydrogen (secondary N) is 2. The number of hydrogen-bond acceptors (Lipinski definition) is 5. The Bertz CT molecular complexity index is 1250. The summed E-state index contributed by atoms with van der Waals surface area (Å²) in [5.41, 5.74) is 7.17. The van der Waals surface area contributed by atoms with E-state index >= 15 is 0 Å². The maximum atomic E-state index is 12.9. The second kappa shape index (κ2) is 8.96. The molecule has 0 fully saturated rings. The number of aromatic nitrogens is 2. The third-order valence-corrected chi connectivity index (χ3v) is 6.58. The van der Waals surface area contributed by atoms with Gasteiger partial charge < -0.3 is 4.57 Å². The Kier molecular flexibility index (Phi) is 6.09. The van der Waals surface area contributed by atoms with Crippen LogP contribution in [0.5, 0.6) is 0 Å². The summed E-state index contributed by atoms with van der Waals surface area (Å²) in [6.07, 6.45) is 4.91. The minimum Gasteiger partial charge on any atom is -0.327 e. The molecule has 3 aromatic rings. The van der Waals surface area contributed by atoms with E-state index in [1.807, 2.05) is 30.3 Å². The number of benzene rings is 2. The Hall–Kier alpha value is -3.46. The van der Waals surface area contributed by atoms with Crippen molar-refractivity contribution < 1.29 is 18.0 Å². The van der Waals surface area contributed by atoms with Gasteiger partial charge >= 0.3 is 0 Å². The van der Waals surface area contributed by atoms with Gasteiger partial charge in [-0.05, 0) is 43.5 Å². The van der Waals surface area contributed by atoms with E-state index in [4.69, 9.17) is 0 Å². The lowest BCUT2D eigenvalue weighted by molar-refractivity contribution is 0.0843. The third kappa shape index (κ3) is 4.57. The first kappa shape index (κ1) is 21.8. The summed E-state index contributed by atoms with van der Waals surface area (Å²) in [5.74, 6) is -0.290. The van der Waals surface area contributed by atoms with Gasteiger partial charge in [0.1, 0.15) is 5.82 Å². The predicted molar refractivity (Wildman–Crippen MR) is 120 cm³/mol. The summed E-state index contributed by atoms with van der Waals surface area (Å²) in [6, 6.07) is 15.2. The van der Waals surface area contributed by atoms with Crippen molar-refractivity contribution in [2.75, 3.05) is 6.26 Å². The van der Waals surface area contributed by atoms with Gasteiger partial charge in [-0.25, -0.2) is 13.4 Å². The molecule has 0 spiro atoms. The van der Waals surface area contributed by atoms with Crippen LogP contribution in [0.4, 0.5) is 0 Å². The molecule has 0 bridgehead atoms. The van der Waals surface area contributed by atoms with E-state index in [-0.39, 0.29) is 10.5 Å². The van der Waals surface area contributed by atoms with Gasteiger partial charge in [0.25, 0.3) is 11.8 Å². The summed E-state index contributed by atoms with van der Waals surface area (Å²) < 4.78 is 25.2. The first-order chi connectivity index (χ1) is 15.3. The van der Waals surface area contributed by atoms with Crippen molar-refractivity contribution in [1.29, 1.82) is 0 Å². The quantitative estimate of drug-likeness (QED) is 0.592. The lowest BCUT2D eigenvalue weighted by Crippen LogP contribution is -2.42. The molecule has 0 unspecified atom stereocenters. The largest absolute Gasteiger partial charge is 0.327 e. The highest BCUT2D eigenvalue weighted by Gasteiger charge is 2.24. The normalized spacial score (nSPS) is 13.7. The summed E-state index contributed by atoms with van der Waals surface area (Å²) in [5, 5.41) is 0. The van der Waals surface area contributed by atoms with Gasteiger partial charge in [-0.15, -0.1) is 0 Å². The van der Waals surface area contributed by atoms with Crippen molar-refractivity contribution >= 4 is 21.7 Å². The maximum absolute atomic E-state index is 12.9. The van der Waals surface area contributed by atoms with Crippen LogP contribution >= 0.6 is 0 Å². The van der Waals surface area contributed by atoms with E-state index in [2.05, 4.69) is 20.4 Å².